The van der Waals surface area contributed by atoms with Gasteiger partial charge in [0.05, 0.1) is 24.7 Å². The third-order valence-electron chi connectivity index (χ3n) is 7.47. The van der Waals surface area contributed by atoms with E-state index in [-0.39, 0.29) is 29.8 Å². The average Bonchev–Trinajstić information content (AvgIpc) is 3.25. The number of carbonyl (C=O) groups is 3. The first kappa shape index (κ1) is 22.9. The molecule has 180 valence electrons. The first-order chi connectivity index (χ1) is 16.4. The Bertz CT molecular complexity index is 1080. The largest absolute Gasteiger partial charge is 0.481 e. The first-order valence-corrected chi connectivity index (χ1v) is 12.4. The molecule has 34 heavy (non-hydrogen) atoms. The molecule has 0 spiro atoms. The minimum Gasteiger partial charge on any atom is -0.481 e. The SMILES string of the molecule is O=C(O)C1CC2CCCC(C1)N2C(=O)c1cc2n(n1)CCN(C(=O)CCc1ccc(Cl)cc1)C2. The summed E-state index contributed by atoms with van der Waals surface area (Å²) in [6, 6.07) is 9.27. The second kappa shape index (κ2) is 9.41. The summed E-state index contributed by atoms with van der Waals surface area (Å²) in [5, 5.41) is 14.7. The van der Waals surface area contributed by atoms with Crippen molar-refractivity contribution in [1.82, 2.24) is 19.6 Å². The van der Waals surface area contributed by atoms with E-state index in [0.29, 0.717) is 56.0 Å². The molecule has 0 radical (unpaired) electrons. The van der Waals surface area contributed by atoms with Crippen molar-refractivity contribution in [1.29, 1.82) is 0 Å². The van der Waals surface area contributed by atoms with Crippen molar-refractivity contribution in [2.75, 3.05) is 6.54 Å². The highest BCUT2D eigenvalue weighted by Crippen LogP contribution is 2.38. The van der Waals surface area contributed by atoms with Crippen LogP contribution in [0.5, 0.6) is 0 Å². The fourth-order valence-electron chi connectivity index (χ4n) is 5.69. The number of carboxylic acids is 1. The summed E-state index contributed by atoms with van der Waals surface area (Å²) in [4.78, 5) is 41.5. The minimum atomic E-state index is -0.762. The Hall–Kier alpha value is -2.87. The van der Waals surface area contributed by atoms with E-state index in [2.05, 4.69) is 5.10 Å². The number of rotatable bonds is 5. The monoisotopic (exact) mass is 484 g/mol. The Kier molecular flexibility index (Phi) is 6.34. The number of carboxylic acid groups (broad SMARTS) is 1. The highest BCUT2D eigenvalue weighted by molar-refractivity contribution is 6.30. The van der Waals surface area contributed by atoms with Crippen LogP contribution >= 0.6 is 11.6 Å². The van der Waals surface area contributed by atoms with Crippen LogP contribution in [0.15, 0.2) is 30.3 Å². The van der Waals surface area contributed by atoms with Crippen molar-refractivity contribution < 1.29 is 19.5 Å². The zero-order valence-corrected chi connectivity index (χ0v) is 19.8. The van der Waals surface area contributed by atoms with Gasteiger partial charge >= 0.3 is 5.97 Å². The number of hydrogen-bond acceptors (Lipinski definition) is 4. The Morgan fingerprint density at radius 1 is 1.06 bits per heavy atom. The number of aromatic nitrogens is 2. The molecule has 2 unspecified atom stereocenters. The summed E-state index contributed by atoms with van der Waals surface area (Å²) in [7, 11) is 0. The molecule has 4 heterocycles. The summed E-state index contributed by atoms with van der Waals surface area (Å²) in [6.45, 7) is 1.56. The fraction of sp³-hybridized carbons (Fsp3) is 0.520. The van der Waals surface area contributed by atoms with Gasteiger partial charge in [-0.05, 0) is 62.3 Å². The molecule has 8 nitrogen and oxygen atoms in total. The molecular formula is C25H29ClN4O4. The normalized spacial score (nSPS) is 24.0. The highest BCUT2D eigenvalue weighted by atomic mass is 35.5. The molecule has 3 aliphatic heterocycles. The van der Waals surface area contributed by atoms with Crippen molar-refractivity contribution in [2.24, 2.45) is 5.92 Å². The lowest BCUT2D eigenvalue weighted by Gasteiger charge is -2.47. The van der Waals surface area contributed by atoms with E-state index in [1.165, 1.54) is 0 Å². The van der Waals surface area contributed by atoms with Crippen molar-refractivity contribution in [2.45, 2.75) is 70.1 Å². The lowest BCUT2D eigenvalue weighted by atomic mass is 9.78. The topological polar surface area (TPSA) is 95.7 Å². The van der Waals surface area contributed by atoms with E-state index < -0.39 is 5.97 Å². The molecule has 2 fully saturated rings. The van der Waals surface area contributed by atoms with Crippen molar-refractivity contribution in [3.63, 3.8) is 0 Å². The molecule has 0 aliphatic carbocycles. The molecule has 5 rings (SSSR count). The number of aliphatic carboxylic acids is 1. The molecule has 0 saturated carbocycles. The summed E-state index contributed by atoms with van der Waals surface area (Å²) in [5.74, 6) is -1.16. The number of carbonyl (C=O) groups excluding carboxylic acids is 2. The minimum absolute atomic E-state index is 0.0363. The zero-order valence-electron chi connectivity index (χ0n) is 19.0. The van der Waals surface area contributed by atoms with Crippen molar-refractivity contribution in [3.05, 3.63) is 52.3 Å². The van der Waals surface area contributed by atoms with E-state index in [1.807, 2.05) is 38.7 Å². The van der Waals surface area contributed by atoms with Crippen LogP contribution < -0.4 is 0 Å². The van der Waals surface area contributed by atoms with Gasteiger partial charge in [-0.15, -0.1) is 0 Å². The van der Waals surface area contributed by atoms with Crippen LogP contribution in [-0.2, 0) is 29.1 Å². The second-order valence-corrected chi connectivity index (χ2v) is 10.1. The number of nitrogens with zero attached hydrogens (tertiary/aromatic N) is 4. The molecule has 3 aliphatic rings. The maximum absolute atomic E-state index is 13.4. The van der Waals surface area contributed by atoms with Crippen LogP contribution in [0.4, 0.5) is 0 Å². The van der Waals surface area contributed by atoms with Crippen LogP contribution in [0.25, 0.3) is 0 Å². The summed E-state index contributed by atoms with van der Waals surface area (Å²) in [6.07, 6.45) is 4.82. The van der Waals surface area contributed by atoms with E-state index in [9.17, 15) is 19.5 Å². The molecule has 2 aromatic rings. The predicted octanol–water partition coefficient (Wildman–Crippen LogP) is 3.37. The van der Waals surface area contributed by atoms with Crippen LogP contribution in [0.1, 0.15) is 60.3 Å². The molecule has 2 bridgehead atoms. The van der Waals surface area contributed by atoms with Crippen molar-refractivity contribution >= 4 is 29.4 Å². The van der Waals surface area contributed by atoms with Gasteiger partial charge in [0.1, 0.15) is 0 Å². The van der Waals surface area contributed by atoms with Gasteiger partial charge in [0.15, 0.2) is 5.69 Å². The van der Waals surface area contributed by atoms with Crippen LogP contribution in [-0.4, -0.2) is 61.1 Å². The van der Waals surface area contributed by atoms with Gasteiger partial charge in [-0.2, -0.15) is 5.10 Å². The van der Waals surface area contributed by atoms with Gasteiger partial charge in [0.2, 0.25) is 5.91 Å². The number of benzene rings is 1. The van der Waals surface area contributed by atoms with E-state index in [4.69, 9.17) is 11.6 Å². The third-order valence-corrected chi connectivity index (χ3v) is 7.72. The van der Waals surface area contributed by atoms with E-state index in [1.54, 1.807) is 6.07 Å². The van der Waals surface area contributed by atoms with Crippen LogP contribution in [0, 0.1) is 5.92 Å². The molecule has 2 atom stereocenters. The molecular weight excluding hydrogens is 456 g/mol. The fourth-order valence-corrected chi connectivity index (χ4v) is 5.82. The quantitative estimate of drug-likeness (QED) is 0.702. The van der Waals surface area contributed by atoms with Gasteiger partial charge in [-0.1, -0.05) is 23.7 Å². The molecule has 2 amide bonds. The van der Waals surface area contributed by atoms with Gasteiger partial charge in [-0.3, -0.25) is 19.1 Å². The Balaban J connectivity index is 1.23. The lowest BCUT2D eigenvalue weighted by Crippen LogP contribution is -2.55. The first-order valence-electron chi connectivity index (χ1n) is 12.0. The molecule has 1 aromatic carbocycles. The molecule has 9 heteroatoms. The van der Waals surface area contributed by atoms with E-state index in [0.717, 1.165) is 30.5 Å². The number of piperidine rings is 2. The Labute approximate surface area is 203 Å². The summed E-state index contributed by atoms with van der Waals surface area (Å²) >= 11 is 5.93. The Morgan fingerprint density at radius 3 is 2.44 bits per heavy atom. The molecule has 2 saturated heterocycles. The second-order valence-electron chi connectivity index (χ2n) is 9.64. The van der Waals surface area contributed by atoms with E-state index >= 15 is 0 Å². The van der Waals surface area contributed by atoms with Gasteiger partial charge in [0, 0.05) is 30.1 Å². The molecule has 1 aromatic heterocycles. The number of aryl methyl sites for hydroxylation is 1. The van der Waals surface area contributed by atoms with Crippen LogP contribution in [0.2, 0.25) is 5.02 Å². The number of amides is 2. The summed E-state index contributed by atoms with van der Waals surface area (Å²) < 4.78 is 1.83. The number of fused-ring (bicyclic) bond motifs is 3. The lowest BCUT2D eigenvalue weighted by molar-refractivity contribution is -0.145. The van der Waals surface area contributed by atoms with Gasteiger partial charge in [0.25, 0.3) is 5.91 Å². The van der Waals surface area contributed by atoms with Crippen molar-refractivity contribution in [3.8, 4) is 0 Å². The Morgan fingerprint density at radius 2 is 1.76 bits per heavy atom. The van der Waals surface area contributed by atoms with Gasteiger partial charge < -0.3 is 14.9 Å². The summed E-state index contributed by atoms with van der Waals surface area (Å²) in [5.41, 5.74) is 2.33. The third kappa shape index (κ3) is 4.56. The van der Waals surface area contributed by atoms with Crippen LogP contribution in [0.3, 0.4) is 0 Å². The molecule has 1 N–H and O–H groups in total. The predicted molar refractivity (Wildman–Crippen MR) is 125 cm³/mol. The maximum Gasteiger partial charge on any atom is 0.306 e. The number of hydrogen-bond donors (Lipinski definition) is 1. The van der Waals surface area contributed by atoms with Gasteiger partial charge in [-0.25, -0.2) is 0 Å². The highest BCUT2D eigenvalue weighted by Gasteiger charge is 2.43. The number of halogens is 1. The standard InChI is InChI=1S/C25H29ClN4O4/c26-18-7-4-16(5-8-18)6-9-23(31)28-10-11-29-21(15-28)14-22(27-29)24(32)30-19-2-1-3-20(30)13-17(12-19)25(33)34/h4-5,7-8,14,17,19-20H,1-3,6,9-13,15H2,(H,33,34). The zero-order chi connectivity index (χ0) is 23.8. The smallest absolute Gasteiger partial charge is 0.306 e. The maximum atomic E-state index is 13.4. The average molecular weight is 485 g/mol.